The first-order valence-corrected chi connectivity index (χ1v) is 12.5. The van der Waals surface area contributed by atoms with Gasteiger partial charge in [0.2, 0.25) is 0 Å². The molecule has 0 aliphatic carbocycles. The number of methoxy groups -OCH3 is 1. The number of esters is 1. The lowest BCUT2D eigenvalue weighted by molar-refractivity contribution is 0.0598. The molecule has 0 bridgehead atoms. The number of carbonyl (C=O) groups is 1. The molecule has 0 saturated carbocycles. The Hall–Kier alpha value is -2.03. The van der Waals surface area contributed by atoms with Gasteiger partial charge in [0, 0.05) is 0 Å². The van der Waals surface area contributed by atoms with Crippen molar-refractivity contribution in [2.75, 3.05) is 13.7 Å². The van der Waals surface area contributed by atoms with Crippen LogP contribution in [0.3, 0.4) is 0 Å². The molecule has 0 amide bonds. The second kappa shape index (κ2) is 15.7. The molecule has 2 aromatic carbocycles. The number of ether oxygens (including phenoxy) is 2. The zero-order chi connectivity index (χ0) is 22.2. The summed E-state index contributed by atoms with van der Waals surface area (Å²) in [5, 5.41) is 1.90. The first kappa shape index (κ1) is 25.2. The van der Waals surface area contributed by atoms with Crippen molar-refractivity contribution in [2.45, 2.75) is 96.8 Å². The van der Waals surface area contributed by atoms with E-state index in [-0.39, 0.29) is 5.97 Å². The van der Waals surface area contributed by atoms with Crippen LogP contribution in [0.1, 0.15) is 107 Å². The van der Waals surface area contributed by atoms with Gasteiger partial charge in [0.05, 0.1) is 13.7 Å². The zero-order valence-corrected chi connectivity index (χ0v) is 19.8. The molecule has 31 heavy (non-hydrogen) atoms. The van der Waals surface area contributed by atoms with Crippen LogP contribution in [0.25, 0.3) is 10.8 Å². The number of fused-ring (bicyclic) bond motifs is 1. The third kappa shape index (κ3) is 9.33. The van der Waals surface area contributed by atoms with Crippen molar-refractivity contribution in [1.29, 1.82) is 0 Å². The van der Waals surface area contributed by atoms with Crippen LogP contribution in [0.2, 0.25) is 0 Å². The summed E-state index contributed by atoms with van der Waals surface area (Å²) in [6, 6.07) is 11.7. The van der Waals surface area contributed by atoms with E-state index in [1.165, 1.54) is 90.6 Å². The van der Waals surface area contributed by atoms with Crippen molar-refractivity contribution in [2.24, 2.45) is 0 Å². The van der Waals surface area contributed by atoms with Crippen molar-refractivity contribution in [3.63, 3.8) is 0 Å². The quantitative estimate of drug-likeness (QED) is 0.188. The van der Waals surface area contributed by atoms with Crippen LogP contribution in [-0.2, 0) is 4.74 Å². The average Bonchev–Trinajstić information content (AvgIpc) is 2.80. The van der Waals surface area contributed by atoms with Gasteiger partial charge in [-0.05, 0) is 23.3 Å². The lowest BCUT2D eigenvalue weighted by Crippen LogP contribution is -2.07. The maximum absolute atomic E-state index is 12.3. The molecule has 0 N–H and O–H groups in total. The van der Waals surface area contributed by atoms with E-state index >= 15 is 0 Å². The summed E-state index contributed by atoms with van der Waals surface area (Å²) < 4.78 is 11.0. The highest BCUT2D eigenvalue weighted by molar-refractivity contribution is 6.07. The number of rotatable bonds is 17. The molecule has 0 aliphatic heterocycles. The van der Waals surface area contributed by atoms with Gasteiger partial charge >= 0.3 is 5.97 Å². The van der Waals surface area contributed by atoms with E-state index in [1.54, 1.807) is 0 Å². The Morgan fingerprint density at radius 1 is 0.710 bits per heavy atom. The predicted molar refractivity (Wildman–Crippen MR) is 131 cm³/mol. The van der Waals surface area contributed by atoms with Crippen molar-refractivity contribution in [3.8, 4) is 5.75 Å². The van der Waals surface area contributed by atoms with Crippen LogP contribution in [0, 0.1) is 0 Å². The molecule has 0 unspecified atom stereocenters. The highest BCUT2D eigenvalue weighted by atomic mass is 16.5. The molecule has 172 valence electrons. The maximum Gasteiger partial charge on any atom is 0.342 e. The molecule has 2 aromatic rings. The fraction of sp³-hybridized carbons (Fsp3) is 0.607. The third-order valence-electron chi connectivity index (χ3n) is 6.04. The molecule has 3 nitrogen and oxygen atoms in total. The second-order valence-corrected chi connectivity index (χ2v) is 8.60. The molecule has 0 atom stereocenters. The van der Waals surface area contributed by atoms with Crippen molar-refractivity contribution >= 4 is 16.7 Å². The van der Waals surface area contributed by atoms with E-state index < -0.39 is 0 Å². The highest BCUT2D eigenvalue weighted by Crippen LogP contribution is 2.29. The van der Waals surface area contributed by atoms with Gasteiger partial charge in [-0.3, -0.25) is 0 Å². The summed E-state index contributed by atoms with van der Waals surface area (Å²) in [5.41, 5.74) is 0.533. The molecule has 0 heterocycles. The van der Waals surface area contributed by atoms with Gasteiger partial charge in [0.1, 0.15) is 11.3 Å². The topological polar surface area (TPSA) is 35.5 Å². The molecule has 0 fully saturated rings. The molecular weight excluding hydrogens is 384 g/mol. The van der Waals surface area contributed by atoms with Gasteiger partial charge < -0.3 is 9.47 Å². The number of carbonyl (C=O) groups excluding carboxylic acids is 1. The van der Waals surface area contributed by atoms with Crippen molar-refractivity contribution in [3.05, 3.63) is 42.0 Å². The monoisotopic (exact) mass is 426 g/mol. The van der Waals surface area contributed by atoms with E-state index in [0.717, 1.165) is 17.2 Å². The Morgan fingerprint density at radius 2 is 1.26 bits per heavy atom. The van der Waals surface area contributed by atoms with Gasteiger partial charge in [-0.15, -0.1) is 0 Å². The number of benzene rings is 2. The van der Waals surface area contributed by atoms with E-state index in [9.17, 15) is 4.79 Å². The second-order valence-electron chi connectivity index (χ2n) is 8.60. The number of hydrogen-bond acceptors (Lipinski definition) is 3. The number of hydrogen-bond donors (Lipinski definition) is 0. The maximum atomic E-state index is 12.3. The van der Waals surface area contributed by atoms with Gasteiger partial charge in [-0.2, -0.15) is 0 Å². The first-order chi connectivity index (χ1) is 15.3. The molecule has 0 aromatic heterocycles. The van der Waals surface area contributed by atoms with Crippen molar-refractivity contribution < 1.29 is 14.3 Å². The minimum Gasteiger partial charge on any atom is -0.493 e. The molecule has 2 rings (SSSR count). The van der Waals surface area contributed by atoms with Crippen LogP contribution in [-0.4, -0.2) is 19.7 Å². The Kier molecular flexibility index (Phi) is 12.8. The highest BCUT2D eigenvalue weighted by Gasteiger charge is 2.17. The van der Waals surface area contributed by atoms with Crippen LogP contribution >= 0.6 is 0 Å². The summed E-state index contributed by atoms with van der Waals surface area (Å²) in [6.45, 7) is 2.92. The van der Waals surface area contributed by atoms with Crippen LogP contribution < -0.4 is 4.74 Å². The summed E-state index contributed by atoms with van der Waals surface area (Å²) in [6.07, 6.45) is 18.8. The first-order valence-electron chi connectivity index (χ1n) is 12.5. The lowest BCUT2D eigenvalue weighted by Gasteiger charge is -2.13. The molecule has 0 spiro atoms. The minimum absolute atomic E-state index is 0.340. The summed E-state index contributed by atoms with van der Waals surface area (Å²) in [5.74, 6) is 0.285. The van der Waals surface area contributed by atoms with Gasteiger partial charge in [0.15, 0.2) is 0 Å². The summed E-state index contributed by atoms with van der Waals surface area (Å²) >= 11 is 0. The van der Waals surface area contributed by atoms with E-state index in [2.05, 4.69) is 6.92 Å². The van der Waals surface area contributed by atoms with Gasteiger partial charge in [-0.1, -0.05) is 121 Å². The molecule has 0 radical (unpaired) electrons. The smallest absolute Gasteiger partial charge is 0.342 e. The van der Waals surface area contributed by atoms with E-state index in [0.29, 0.717) is 17.9 Å². The van der Waals surface area contributed by atoms with Crippen LogP contribution in [0.4, 0.5) is 0 Å². The largest absolute Gasteiger partial charge is 0.493 e. The normalized spacial score (nSPS) is 11.0. The van der Waals surface area contributed by atoms with Gasteiger partial charge in [-0.25, -0.2) is 4.79 Å². The van der Waals surface area contributed by atoms with E-state index in [1.807, 2.05) is 36.4 Å². The predicted octanol–water partition coefficient (Wildman–Crippen LogP) is 8.49. The van der Waals surface area contributed by atoms with Crippen LogP contribution in [0.5, 0.6) is 5.75 Å². The van der Waals surface area contributed by atoms with E-state index in [4.69, 9.17) is 9.47 Å². The fourth-order valence-corrected chi connectivity index (χ4v) is 4.16. The average molecular weight is 427 g/mol. The Morgan fingerprint density at radius 3 is 1.84 bits per heavy atom. The third-order valence-corrected chi connectivity index (χ3v) is 6.04. The Bertz CT molecular complexity index is 753. The summed E-state index contributed by atoms with van der Waals surface area (Å²) in [7, 11) is 1.42. The molecule has 0 saturated heterocycles. The van der Waals surface area contributed by atoms with Gasteiger partial charge in [0.25, 0.3) is 0 Å². The Balaban J connectivity index is 1.56. The molecule has 0 aliphatic rings. The SMILES string of the molecule is CCCCCCCCCCCCCCCCOc1ccc2ccccc2c1C(=O)OC. The number of unbranched alkanes of at least 4 members (excludes halogenated alkanes) is 13. The zero-order valence-electron chi connectivity index (χ0n) is 19.8. The minimum atomic E-state index is -0.340. The van der Waals surface area contributed by atoms with Crippen molar-refractivity contribution in [1.82, 2.24) is 0 Å². The standard InChI is InChI=1S/C28H42O3/c1-3-4-5-6-7-8-9-10-11-12-13-14-15-18-23-31-26-22-21-24-19-16-17-20-25(24)27(26)28(29)30-2/h16-17,19-22H,3-15,18,23H2,1-2H3. The Labute approximate surface area is 189 Å². The summed E-state index contributed by atoms with van der Waals surface area (Å²) in [4.78, 5) is 12.3. The fourth-order valence-electron chi connectivity index (χ4n) is 4.16. The molecule has 3 heteroatoms. The van der Waals surface area contributed by atoms with Crippen LogP contribution in [0.15, 0.2) is 36.4 Å². The molecular formula is C28H42O3. The lowest BCUT2D eigenvalue weighted by atomic mass is 10.0.